The van der Waals surface area contributed by atoms with Crippen LogP contribution in [0.4, 0.5) is 0 Å². The van der Waals surface area contributed by atoms with Gasteiger partial charge in [0.2, 0.25) is 0 Å². The lowest BCUT2D eigenvalue weighted by atomic mass is 9.94. The highest BCUT2D eigenvalue weighted by Crippen LogP contribution is 2.31. The van der Waals surface area contributed by atoms with Gasteiger partial charge in [0.1, 0.15) is 0 Å². The Kier molecular flexibility index (Phi) is 3.98. The van der Waals surface area contributed by atoms with Crippen LogP contribution in [0.5, 0.6) is 0 Å². The maximum absolute atomic E-state index is 4.30. The number of pyridine rings is 1. The van der Waals surface area contributed by atoms with Crippen LogP contribution in [0.2, 0.25) is 0 Å². The van der Waals surface area contributed by atoms with E-state index in [0.717, 1.165) is 13.1 Å². The summed E-state index contributed by atoms with van der Waals surface area (Å²) in [6.45, 7) is 6.15. The molecule has 1 heterocycles. The minimum atomic E-state index is 0.892. The predicted octanol–water partition coefficient (Wildman–Crippen LogP) is 4.32. The van der Waals surface area contributed by atoms with Gasteiger partial charge in [0.15, 0.2) is 0 Å². The van der Waals surface area contributed by atoms with Crippen molar-refractivity contribution < 1.29 is 0 Å². The maximum atomic E-state index is 4.30. The molecule has 0 aliphatic rings. The van der Waals surface area contributed by atoms with E-state index in [4.69, 9.17) is 0 Å². The van der Waals surface area contributed by atoms with Crippen molar-refractivity contribution in [1.82, 2.24) is 10.3 Å². The largest absolute Gasteiger partial charge is 0.313 e. The third-order valence-corrected chi connectivity index (χ3v) is 3.80. The normalized spacial score (nSPS) is 11.0. The standard InChI is InChI=1S/C19H20N2/c1-3-20-12-16-8-7-14(2)11-18(16)17-6-4-5-15-9-10-21-13-19(15)17/h4-11,13,20H,3,12H2,1-2H3. The smallest absolute Gasteiger partial charge is 0.0352 e. The van der Waals surface area contributed by atoms with Crippen LogP contribution >= 0.6 is 0 Å². The van der Waals surface area contributed by atoms with E-state index in [1.165, 1.54) is 33.0 Å². The third-order valence-electron chi connectivity index (χ3n) is 3.80. The van der Waals surface area contributed by atoms with Gasteiger partial charge in [0.25, 0.3) is 0 Å². The first-order chi connectivity index (χ1) is 10.3. The number of aromatic nitrogens is 1. The molecule has 2 heteroatoms. The molecular weight excluding hydrogens is 256 g/mol. The van der Waals surface area contributed by atoms with E-state index < -0.39 is 0 Å². The van der Waals surface area contributed by atoms with Gasteiger partial charge in [-0.25, -0.2) is 0 Å². The fraction of sp³-hybridized carbons (Fsp3) is 0.211. The quantitative estimate of drug-likeness (QED) is 0.767. The average Bonchev–Trinajstić information content (AvgIpc) is 2.53. The number of benzene rings is 2. The van der Waals surface area contributed by atoms with E-state index in [-0.39, 0.29) is 0 Å². The Morgan fingerprint density at radius 2 is 1.95 bits per heavy atom. The van der Waals surface area contributed by atoms with Gasteiger partial charge in [-0.1, -0.05) is 48.9 Å². The average molecular weight is 276 g/mol. The molecule has 0 fully saturated rings. The summed E-state index contributed by atoms with van der Waals surface area (Å²) in [6.07, 6.45) is 3.81. The number of hydrogen-bond donors (Lipinski definition) is 1. The Labute approximate surface area is 125 Å². The lowest BCUT2D eigenvalue weighted by Gasteiger charge is -2.13. The highest BCUT2D eigenvalue weighted by atomic mass is 14.8. The molecule has 0 aliphatic carbocycles. The molecule has 3 rings (SSSR count). The van der Waals surface area contributed by atoms with Crippen molar-refractivity contribution in [2.24, 2.45) is 0 Å². The van der Waals surface area contributed by atoms with E-state index in [0.29, 0.717) is 0 Å². The molecule has 0 atom stereocenters. The lowest BCUT2D eigenvalue weighted by Crippen LogP contribution is -2.12. The van der Waals surface area contributed by atoms with Crippen molar-refractivity contribution >= 4 is 10.8 Å². The second-order valence-electron chi connectivity index (χ2n) is 5.34. The van der Waals surface area contributed by atoms with Gasteiger partial charge in [0.05, 0.1) is 0 Å². The molecule has 1 aromatic heterocycles. The van der Waals surface area contributed by atoms with Gasteiger partial charge < -0.3 is 5.32 Å². The first kappa shape index (κ1) is 13.8. The molecule has 3 aromatic rings. The van der Waals surface area contributed by atoms with Crippen molar-refractivity contribution in [3.8, 4) is 11.1 Å². The third kappa shape index (κ3) is 2.81. The molecule has 21 heavy (non-hydrogen) atoms. The zero-order valence-electron chi connectivity index (χ0n) is 12.6. The van der Waals surface area contributed by atoms with Crippen molar-refractivity contribution in [3.63, 3.8) is 0 Å². The molecule has 0 saturated carbocycles. The number of hydrogen-bond acceptors (Lipinski definition) is 2. The van der Waals surface area contributed by atoms with E-state index in [9.17, 15) is 0 Å². The van der Waals surface area contributed by atoms with Crippen molar-refractivity contribution in [2.75, 3.05) is 6.54 Å². The molecule has 0 bridgehead atoms. The molecule has 2 aromatic carbocycles. The van der Waals surface area contributed by atoms with Crippen LogP contribution in [0.15, 0.2) is 54.9 Å². The SMILES string of the molecule is CCNCc1ccc(C)cc1-c1cccc2ccncc12. The lowest BCUT2D eigenvalue weighted by molar-refractivity contribution is 0.728. The molecular formula is C19H20N2. The topological polar surface area (TPSA) is 24.9 Å². The highest BCUT2D eigenvalue weighted by molar-refractivity contribution is 5.96. The highest BCUT2D eigenvalue weighted by Gasteiger charge is 2.09. The molecule has 0 amide bonds. The molecule has 2 nitrogen and oxygen atoms in total. The number of rotatable bonds is 4. The van der Waals surface area contributed by atoms with Crippen LogP contribution < -0.4 is 5.32 Å². The van der Waals surface area contributed by atoms with Gasteiger partial charge in [-0.05, 0) is 41.6 Å². The summed E-state index contributed by atoms with van der Waals surface area (Å²) in [5.41, 5.74) is 5.18. The minimum absolute atomic E-state index is 0.892. The van der Waals surface area contributed by atoms with Gasteiger partial charge in [-0.2, -0.15) is 0 Å². The summed E-state index contributed by atoms with van der Waals surface area (Å²) in [5.74, 6) is 0. The molecule has 0 spiro atoms. The van der Waals surface area contributed by atoms with Crippen LogP contribution in [0.25, 0.3) is 21.9 Å². The molecule has 0 saturated heterocycles. The van der Waals surface area contributed by atoms with E-state index in [1.54, 1.807) is 0 Å². The monoisotopic (exact) mass is 276 g/mol. The summed E-state index contributed by atoms with van der Waals surface area (Å²) in [5, 5.41) is 5.87. The summed E-state index contributed by atoms with van der Waals surface area (Å²) < 4.78 is 0. The summed E-state index contributed by atoms with van der Waals surface area (Å²) >= 11 is 0. The first-order valence-corrected chi connectivity index (χ1v) is 7.43. The Balaban J connectivity index is 2.19. The van der Waals surface area contributed by atoms with E-state index in [2.05, 4.69) is 66.6 Å². The Morgan fingerprint density at radius 3 is 2.81 bits per heavy atom. The number of aryl methyl sites for hydroxylation is 1. The zero-order valence-corrected chi connectivity index (χ0v) is 12.6. The van der Waals surface area contributed by atoms with Gasteiger partial charge in [0, 0.05) is 24.3 Å². The van der Waals surface area contributed by atoms with E-state index >= 15 is 0 Å². The number of fused-ring (bicyclic) bond motifs is 1. The summed E-state index contributed by atoms with van der Waals surface area (Å²) in [4.78, 5) is 4.30. The molecule has 0 radical (unpaired) electrons. The minimum Gasteiger partial charge on any atom is -0.313 e. The van der Waals surface area contributed by atoms with Crippen molar-refractivity contribution in [2.45, 2.75) is 20.4 Å². The van der Waals surface area contributed by atoms with Gasteiger partial charge in [-0.3, -0.25) is 4.98 Å². The number of nitrogens with one attached hydrogen (secondary N) is 1. The van der Waals surface area contributed by atoms with E-state index in [1.807, 2.05) is 12.4 Å². The van der Waals surface area contributed by atoms with Crippen LogP contribution in [0.3, 0.4) is 0 Å². The molecule has 0 aliphatic heterocycles. The van der Waals surface area contributed by atoms with Gasteiger partial charge in [-0.15, -0.1) is 0 Å². The maximum Gasteiger partial charge on any atom is 0.0352 e. The Hall–Kier alpha value is -2.19. The summed E-state index contributed by atoms with van der Waals surface area (Å²) in [7, 11) is 0. The van der Waals surface area contributed by atoms with Crippen LogP contribution in [0, 0.1) is 6.92 Å². The fourth-order valence-corrected chi connectivity index (χ4v) is 2.70. The second kappa shape index (κ2) is 6.06. The van der Waals surface area contributed by atoms with Crippen molar-refractivity contribution in [3.05, 3.63) is 66.0 Å². The second-order valence-corrected chi connectivity index (χ2v) is 5.34. The summed E-state index contributed by atoms with van der Waals surface area (Å²) in [6, 6.07) is 15.2. The fourth-order valence-electron chi connectivity index (χ4n) is 2.70. The number of nitrogens with zero attached hydrogens (tertiary/aromatic N) is 1. The van der Waals surface area contributed by atoms with Crippen molar-refractivity contribution in [1.29, 1.82) is 0 Å². The Morgan fingerprint density at radius 1 is 1.05 bits per heavy atom. The molecule has 1 N–H and O–H groups in total. The van der Waals surface area contributed by atoms with Crippen LogP contribution in [0.1, 0.15) is 18.1 Å². The zero-order chi connectivity index (χ0) is 14.7. The predicted molar refractivity (Wildman–Crippen MR) is 89.3 cm³/mol. The van der Waals surface area contributed by atoms with Crippen LogP contribution in [-0.2, 0) is 6.54 Å². The molecule has 106 valence electrons. The van der Waals surface area contributed by atoms with Gasteiger partial charge >= 0.3 is 0 Å². The van der Waals surface area contributed by atoms with Crippen LogP contribution in [-0.4, -0.2) is 11.5 Å². The first-order valence-electron chi connectivity index (χ1n) is 7.43. The molecule has 0 unspecified atom stereocenters. The Bertz CT molecular complexity index is 757.